The Hall–Kier alpha value is -3.56. The standard InChI is InChI=1S/C26H26FN5O2S/c27-25-22(9-4-10-24(25)32-35(33,34)17-18-6-2-1-3-7-18)19-11-12-23-20(14-19)15-29-26(31-23)30-21-8-5-13-28-16-21/h1-4,6-7,9-12,14-15,21,28,32H,5,8,13,16-17H2,(H,29,30,31). The second-order valence-corrected chi connectivity index (χ2v) is 10.4. The molecule has 180 valence electrons. The van der Waals surface area contributed by atoms with Crippen LogP contribution in [0, 0.1) is 5.82 Å². The van der Waals surface area contributed by atoms with Crippen LogP contribution >= 0.6 is 0 Å². The van der Waals surface area contributed by atoms with Crippen LogP contribution in [-0.2, 0) is 15.8 Å². The van der Waals surface area contributed by atoms with Gasteiger partial charge in [-0.1, -0.05) is 48.5 Å². The molecule has 0 saturated carbocycles. The molecule has 5 rings (SSSR count). The number of benzene rings is 3. The molecule has 1 fully saturated rings. The molecule has 3 N–H and O–H groups in total. The molecule has 1 aliphatic heterocycles. The van der Waals surface area contributed by atoms with Crippen LogP contribution in [0.25, 0.3) is 22.0 Å². The minimum atomic E-state index is -3.78. The van der Waals surface area contributed by atoms with Gasteiger partial charge in [0.1, 0.15) is 0 Å². The van der Waals surface area contributed by atoms with Gasteiger partial charge in [0.15, 0.2) is 5.82 Å². The molecule has 1 unspecified atom stereocenters. The molecule has 1 atom stereocenters. The zero-order valence-electron chi connectivity index (χ0n) is 19.0. The summed E-state index contributed by atoms with van der Waals surface area (Å²) in [6.45, 7) is 1.91. The Labute approximate surface area is 203 Å². The highest BCUT2D eigenvalue weighted by molar-refractivity contribution is 7.91. The largest absolute Gasteiger partial charge is 0.350 e. The number of nitrogens with one attached hydrogen (secondary N) is 3. The van der Waals surface area contributed by atoms with Crippen LogP contribution in [0.2, 0.25) is 0 Å². The van der Waals surface area contributed by atoms with E-state index in [9.17, 15) is 8.42 Å². The Morgan fingerprint density at radius 2 is 1.91 bits per heavy atom. The van der Waals surface area contributed by atoms with E-state index in [1.165, 1.54) is 6.07 Å². The fourth-order valence-corrected chi connectivity index (χ4v) is 5.46. The fraction of sp³-hybridized carbons (Fsp3) is 0.231. The van der Waals surface area contributed by atoms with Crippen molar-refractivity contribution in [2.45, 2.75) is 24.6 Å². The van der Waals surface area contributed by atoms with Crippen molar-refractivity contribution in [3.8, 4) is 11.1 Å². The highest BCUT2D eigenvalue weighted by Crippen LogP contribution is 2.30. The first-order valence-electron chi connectivity index (χ1n) is 11.5. The van der Waals surface area contributed by atoms with E-state index in [-0.39, 0.29) is 11.4 Å². The van der Waals surface area contributed by atoms with E-state index in [0.717, 1.165) is 36.8 Å². The molecular weight excluding hydrogens is 465 g/mol. The average molecular weight is 492 g/mol. The summed E-state index contributed by atoms with van der Waals surface area (Å²) in [5.74, 6) is -0.301. The first kappa shape index (κ1) is 23.2. The van der Waals surface area contributed by atoms with Crippen LogP contribution in [0.4, 0.5) is 16.0 Å². The van der Waals surface area contributed by atoms with Crippen molar-refractivity contribution < 1.29 is 12.8 Å². The van der Waals surface area contributed by atoms with Crippen LogP contribution in [0.5, 0.6) is 0 Å². The summed E-state index contributed by atoms with van der Waals surface area (Å²) in [6, 6.07) is 19.2. The lowest BCUT2D eigenvalue weighted by Crippen LogP contribution is -2.38. The zero-order chi connectivity index (χ0) is 24.3. The van der Waals surface area contributed by atoms with Gasteiger partial charge < -0.3 is 10.6 Å². The van der Waals surface area contributed by atoms with Gasteiger partial charge in [-0.25, -0.2) is 22.8 Å². The van der Waals surface area contributed by atoms with Gasteiger partial charge >= 0.3 is 0 Å². The number of rotatable bonds is 7. The Morgan fingerprint density at radius 3 is 2.71 bits per heavy atom. The highest BCUT2D eigenvalue weighted by atomic mass is 32.2. The van der Waals surface area contributed by atoms with Crippen LogP contribution < -0.4 is 15.4 Å². The monoisotopic (exact) mass is 491 g/mol. The van der Waals surface area contributed by atoms with Crippen LogP contribution in [0.3, 0.4) is 0 Å². The molecule has 1 aromatic heterocycles. The summed E-state index contributed by atoms with van der Waals surface area (Å²) >= 11 is 0. The number of halogens is 1. The number of nitrogens with zero attached hydrogens (tertiary/aromatic N) is 2. The molecule has 4 aromatic rings. The van der Waals surface area contributed by atoms with Crippen LogP contribution in [-0.4, -0.2) is 37.5 Å². The third kappa shape index (κ3) is 5.58. The summed E-state index contributed by atoms with van der Waals surface area (Å²) in [6.07, 6.45) is 3.90. The molecule has 35 heavy (non-hydrogen) atoms. The molecule has 3 aromatic carbocycles. The molecule has 0 radical (unpaired) electrons. The van der Waals surface area contributed by atoms with Crippen molar-refractivity contribution in [1.82, 2.24) is 15.3 Å². The number of hydrogen-bond acceptors (Lipinski definition) is 6. The lowest BCUT2D eigenvalue weighted by atomic mass is 10.0. The predicted octanol–water partition coefficient (Wildman–Crippen LogP) is 4.54. The number of piperidine rings is 1. The molecule has 2 heterocycles. The molecule has 0 bridgehead atoms. The second-order valence-electron chi connectivity index (χ2n) is 8.67. The van der Waals surface area contributed by atoms with Crippen LogP contribution in [0.15, 0.2) is 72.9 Å². The molecule has 1 saturated heterocycles. The van der Waals surface area contributed by atoms with Gasteiger partial charge in [-0.3, -0.25) is 4.72 Å². The Kier molecular flexibility index (Phi) is 6.61. The quantitative estimate of drug-likeness (QED) is 0.351. The van der Waals surface area contributed by atoms with Crippen molar-refractivity contribution in [3.05, 3.63) is 84.3 Å². The van der Waals surface area contributed by atoms with Crippen LogP contribution in [0.1, 0.15) is 18.4 Å². The number of fused-ring (bicyclic) bond motifs is 1. The summed E-state index contributed by atoms with van der Waals surface area (Å²) in [7, 11) is -3.78. The number of hydrogen-bond donors (Lipinski definition) is 3. The summed E-state index contributed by atoms with van der Waals surface area (Å²) in [5, 5.41) is 7.49. The first-order valence-corrected chi connectivity index (χ1v) is 13.2. The predicted molar refractivity (Wildman–Crippen MR) is 137 cm³/mol. The molecule has 9 heteroatoms. The summed E-state index contributed by atoms with van der Waals surface area (Å²) in [4.78, 5) is 9.03. The summed E-state index contributed by atoms with van der Waals surface area (Å²) < 4.78 is 43.0. The van der Waals surface area contributed by atoms with Gasteiger partial charge in [0.05, 0.1) is 17.0 Å². The highest BCUT2D eigenvalue weighted by Gasteiger charge is 2.18. The normalized spacial score (nSPS) is 16.2. The van der Waals surface area contributed by atoms with Gasteiger partial charge in [-0.15, -0.1) is 0 Å². The number of aromatic nitrogens is 2. The summed E-state index contributed by atoms with van der Waals surface area (Å²) in [5.41, 5.74) is 2.19. The van der Waals surface area contributed by atoms with Gasteiger partial charge in [-0.05, 0) is 48.7 Å². The lowest BCUT2D eigenvalue weighted by molar-refractivity contribution is 0.478. The van der Waals surface area contributed by atoms with Crippen molar-refractivity contribution in [2.75, 3.05) is 23.1 Å². The van der Waals surface area contributed by atoms with E-state index in [0.29, 0.717) is 28.7 Å². The third-order valence-electron chi connectivity index (χ3n) is 5.98. The van der Waals surface area contributed by atoms with Gasteiger partial charge in [0.2, 0.25) is 16.0 Å². The average Bonchev–Trinajstić information content (AvgIpc) is 2.86. The minimum Gasteiger partial charge on any atom is -0.350 e. The lowest BCUT2D eigenvalue weighted by Gasteiger charge is -2.23. The van der Waals surface area contributed by atoms with E-state index < -0.39 is 15.8 Å². The molecule has 7 nitrogen and oxygen atoms in total. The maximum Gasteiger partial charge on any atom is 0.237 e. The molecule has 1 aliphatic rings. The van der Waals surface area contributed by atoms with E-state index in [1.807, 2.05) is 18.2 Å². The van der Waals surface area contributed by atoms with Crippen molar-refractivity contribution in [2.24, 2.45) is 0 Å². The Morgan fingerprint density at radius 1 is 1.06 bits per heavy atom. The van der Waals surface area contributed by atoms with Gasteiger partial charge in [-0.2, -0.15) is 0 Å². The van der Waals surface area contributed by atoms with E-state index in [2.05, 4.69) is 25.3 Å². The first-order chi connectivity index (χ1) is 17.0. The van der Waals surface area contributed by atoms with Crippen molar-refractivity contribution in [1.29, 1.82) is 0 Å². The number of anilines is 2. The smallest absolute Gasteiger partial charge is 0.237 e. The van der Waals surface area contributed by atoms with E-state index >= 15 is 4.39 Å². The minimum absolute atomic E-state index is 0.0876. The SMILES string of the molecule is O=S(=O)(Cc1ccccc1)Nc1cccc(-c2ccc3nc(NC4CCCNC4)ncc3c2)c1F. The Balaban J connectivity index is 1.37. The van der Waals surface area contributed by atoms with Gasteiger partial charge in [0.25, 0.3) is 0 Å². The number of sulfonamides is 1. The molecule has 0 amide bonds. The van der Waals surface area contributed by atoms with Gasteiger partial charge in [0, 0.05) is 29.7 Å². The third-order valence-corrected chi connectivity index (χ3v) is 7.23. The van der Waals surface area contributed by atoms with Crippen molar-refractivity contribution in [3.63, 3.8) is 0 Å². The fourth-order valence-electron chi connectivity index (χ4n) is 4.26. The molecular formula is C26H26FN5O2S. The van der Waals surface area contributed by atoms with E-state index in [1.54, 1.807) is 48.7 Å². The zero-order valence-corrected chi connectivity index (χ0v) is 19.9. The maximum absolute atomic E-state index is 15.4. The molecule has 0 spiro atoms. The topological polar surface area (TPSA) is 96.0 Å². The Bertz CT molecular complexity index is 1440. The van der Waals surface area contributed by atoms with E-state index in [4.69, 9.17) is 0 Å². The van der Waals surface area contributed by atoms with Crippen molar-refractivity contribution >= 4 is 32.6 Å². The maximum atomic E-state index is 15.4. The molecule has 0 aliphatic carbocycles. The second kappa shape index (κ2) is 9.97.